The van der Waals surface area contributed by atoms with Crippen molar-refractivity contribution in [3.05, 3.63) is 99.6 Å². The molecule has 3 N–H and O–H groups in total. The number of ether oxygens (including phenoxy) is 3. The maximum Gasteiger partial charge on any atom is 0.314 e. The molecule has 3 amide bonds. The zero-order valence-corrected chi connectivity index (χ0v) is 31.9. The summed E-state index contributed by atoms with van der Waals surface area (Å²) in [6, 6.07) is 19.8. The largest absolute Gasteiger partial charge is 0.377 e. The predicted octanol–water partition coefficient (Wildman–Crippen LogP) is 4.80. The van der Waals surface area contributed by atoms with E-state index in [2.05, 4.69) is 27.1 Å². The second-order valence-electron chi connectivity index (χ2n) is 12.8. The summed E-state index contributed by atoms with van der Waals surface area (Å²) < 4.78 is 19.9. The van der Waals surface area contributed by atoms with Crippen LogP contribution in [0, 0.1) is 25.2 Å². The van der Waals surface area contributed by atoms with Crippen LogP contribution in [-0.2, 0) is 19.0 Å². The van der Waals surface area contributed by atoms with Crippen molar-refractivity contribution in [1.82, 2.24) is 30.3 Å². The van der Waals surface area contributed by atoms with E-state index in [1.54, 1.807) is 45.8 Å². The van der Waals surface area contributed by atoms with Crippen LogP contribution in [-0.4, -0.2) is 91.3 Å². The number of nitriles is 1. The Balaban J connectivity index is 1.20. The number of carbonyl (C=O) groups is 3. The number of aryl methyl sites for hydroxylation is 1. The lowest BCUT2D eigenvalue weighted by molar-refractivity contribution is -0.118. The summed E-state index contributed by atoms with van der Waals surface area (Å²) in [5.41, 5.74) is 4.32. The Bertz CT molecular complexity index is 1960. The number of rotatable bonds is 23. The molecule has 0 unspecified atom stereocenters. The predicted molar refractivity (Wildman–Crippen MR) is 209 cm³/mol. The van der Waals surface area contributed by atoms with Gasteiger partial charge < -0.3 is 30.2 Å². The van der Waals surface area contributed by atoms with Crippen LogP contribution in [0.15, 0.2) is 71.7 Å². The molecule has 292 valence electrons. The van der Waals surface area contributed by atoms with E-state index in [-0.39, 0.29) is 30.5 Å². The average Bonchev–Trinajstić information content (AvgIpc) is 3.67. The first-order chi connectivity index (χ1) is 26.7. The van der Waals surface area contributed by atoms with Gasteiger partial charge in [-0.25, -0.2) is 9.48 Å². The van der Waals surface area contributed by atoms with Gasteiger partial charge in [-0.3, -0.25) is 19.0 Å². The van der Waals surface area contributed by atoms with Crippen molar-refractivity contribution in [2.75, 3.05) is 59.3 Å². The van der Waals surface area contributed by atoms with E-state index >= 15 is 0 Å². The molecule has 4 aromatic rings. The van der Waals surface area contributed by atoms with Gasteiger partial charge >= 0.3 is 6.03 Å². The minimum Gasteiger partial charge on any atom is -0.377 e. The van der Waals surface area contributed by atoms with Gasteiger partial charge in [0, 0.05) is 49.4 Å². The minimum absolute atomic E-state index is 0.0262. The molecule has 0 radical (unpaired) electrons. The molecule has 14 nitrogen and oxygen atoms in total. The summed E-state index contributed by atoms with van der Waals surface area (Å²) >= 11 is 0. The van der Waals surface area contributed by atoms with Crippen molar-refractivity contribution in [1.29, 1.82) is 5.26 Å². The monoisotopic (exact) mass is 753 g/mol. The number of hydrogen-bond donors (Lipinski definition) is 3. The highest BCUT2D eigenvalue weighted by atomic mass is 16.5. The molecule has 2 heterocycles. The highest BCUT2D eigenvalue weighted by Gasteiger charge is 2.21. The normalized spacial score (nSPS) is 10.9. The van der Waals surface area contributed by atoms with Gasteiger partial charge in [-0.15, -0.1) is 0 Å². The van der Waals surface area contributed by atoms with Crippen molar-refractivity contribution in [2.24, 2.45) is 0 Å². The third-order valence-corrected chi connectivity index (χ3v) is 8.73. The zero-order valence-electron chi connectivity index (χ0n) is 31.9. The number of unbranched alkanes of at least 4 members (excludes halogenated alkanes) is 2. The number of hydrogen-bond acceptors (Lipinski definition) is 9. The van der Waals surface area contributed by atoms with Crippen LogP contribution in [0.3, 0.4) is 0 Å². The van der Waals surface area contributed by atoms with Crippen LogP contribution >= 0.6 is 0 Å². The molecule has 0 atom stereocenters. The number of urea groups is 1. The van der Waals surface area contributed by atoms with Gasteiger partial charge in [0.25, 0.3) is 11.5 Å². The maximum absolute atomic E-state index is 13.9. The van der Waals surface area contributed by atoms with E-state index in [1.165, 1.54) is 0 Å². The average molecular weight is 754 g/mol. The smallest absolute Gasteiger partial charge is 0.314 e. The van der Waals surface area contributed by atoms with E-state index < -0.39 is 11.5 Å². The Hall–Kier alpha value is -5.62. The highest BCUT2D eigenvalue weighted by molar-refractivity contribution is 5.95. The molecule has 55 heavy (non-hydrogen) atoms. The molecular weight excluding hydrogens is 702 g/mol. The van der Waals surface area contributed by atoms with Gasteiger partial charge in [0.2, 0.25) is 0 Å². The van der Waals surface area contributed by atoms with Crippen LogP contribution in [0.25, 0.3) is 22.6 Å². The van der Waals surface area contributed by atoms with Crippen LogP contribution in [0.2, 0.25) is 0 Å². The summed E-state index contributed by atoms with van der Waals surface area (Å²) in [5, 5.41) is 22.1. The summed E-state index contributed by atoms with van der Waals surface area (Å²) in [7, 11) is 0. The second kappa shape index (κ2) is 22.6. The van der Waals surface area contributed by atoms with Crippen LogP contribution in [0.4, 0.5) is 4.79 Å². The van der Waals surface area contributed by atoms with Gasteiger partial charge in [-0.05, 0) is 80.8 Å². The van der Waals surface area contributed by atoms with Crippen LogP contribution < -0.4 is 21.5 Å². The molecule has 0 fully saturated rings. The van der Waals surface area contributed by atoms with E-state index in [0.29, 0.717) is 87.2 Å². The molecule has 0 saturated heterocycles. The number of Topliss-reactive ketones (excluding diaryl/α,β-unsaturated/α-hetero) is 1. The van der Waals surface area contributed by atoms with Crippen molar-refractivity contribution < 1.29 is 28.6 Å². The molecule has 4 rings (SSSR count). The molecule has 0 aliphatic rings. The fourth-order valence-electron chi connectivity index (χ4n) is 5.77. The fourth-order valence-corrected chi connectivity index (χ4v) is 5.77. The van der Waals surface area contributed by atoms with Gasteiger partial charge in [0.15, 0.2) is 0 Å². The minimum atomic E-state index is -0.530. The molecular formula is C41H51N7O7. The number of aromatic nitrogens is 3. The van der Waals surface area contributed by atoms with Crippen LogP contribution in [0.5, 0.6) is 0 Å². The van der Waals surface area contributed by atoms with Crippen molar-refractivity contribution in [2.45, 2.75) is 52.9 Å². The molecule has 14 heteroatoms. The molecule has 0 spiro atoms. The molecule has 0 saturated carbocycles. The Labute approximate surface area is 321 Å². The Morgan fingerprint density at radius 3 is 2.13 bits per heavy atom. The van der Waals surface area contributed by atoms with E-state index in [0.717, 1.165) is 30.5 Å². The third-order valence-electron chi connectivity index (χ3n) is 8.73. The number of amides is 3. The van der Waals surface area contributed by atoms with Gasteiger partial charge in [-0.2, -0.15) is 10.4 Å². The Morgan fingerprint density at radius 1 is 0.782 bits per heavy atom. The number of nitrogens with zero attached hydrogens (tertiary/aromatic N) is 4. The number of nitrogens with one attached hydrogen (secondary N) is 3. The number of pyridine rings is 1. The molecule has 0 bridgehead atoms. The van der Waals surface area contributed by atoms with Crippen LogP contribution in [0.1, 0.15) is 66.2 Å². The summed E-state index contributed by atoms with van der Waals surface area (Å²) in [4.78, 5) is 50.5. The quantitative estimate of drug-likeness (QED) is 0.0898. The lowest BCUT2D eigenvalue weighted by atomic mass is 10.0. The summed E-state index contributed by atoms with van der Waals surface area (Å²) in [6.45, 7) is 8.69. The topological polar surface area (TPSA) is 179 Å². The molecule has 2 aromatic heterocycles. The third kappa shape index (κ3) is 13.0. The lowest BCUT2D eigenvalue weighted by Gasteiger charge is -2.18. The number of ketones is 1. The highest BCUT2D eigenvalue weighted by Crippen LogP contribution is 2.27. The Morgan fingerprint density at radius 2 is 1.45 bits per heavy atom. The zero-order chi connectivity index (χ0) is 39.4. The first-order valence-corrected chi connectivity index (χ1v) is 18.7. The Kier molecular flexibility index (Phi) is 17.3. The van der Waals surface area contributed by atoms with Crippen molar-refractivity contribution >= 4 is 17.7 Å². The number of carbonyl (C=O) groups excluding carboxylic acids is 3. The van der Waals surface area contributed by atoms with Crippen molar-refractivity contribution in [3.8, 4) is 28.7 Å². The van der Waals surface area contributed by atoms with Gasteiger partial charge in [0.1, 0.15) is 11.3 Å². The van der Waals surface area contributed by atoms with E-state index in [9.17, 15) is 24.4 Å². The maximum atomic E-state index is 13.9. The fraction of sp³-hybridized carbons (Fsp3) is 0.415. The van der Waals surface area contributed by atoms with E-state index in [1.807, 2.05) is 51.1 Å². The molecule has 0 aliphatic heterocycles. The summed E-state index contributed by atoms with van der Waals surface area (Å²) in [6.07, 6.45) is 5.42. The second-order valence-corrected chi connectivity index (χ2v) is 12.8. The first-order valence-electron chi connectivity index (χ1n) is 18.7. The number of benzene rings is 2. The van der Waals surface area contributed by atoms with Gasteiger partial charge in [0.05, 0.1) is 68.9 Å². The molecule has 2 aromatic carbocycles. The lowest BCUT2D eigenvalue weighted by Crippen LogP contribution is -2.37. The van der Waals surface area contributed by atoms with Gasteiger partial charge in [-0.1, -0.05) is 25.5 Å². The first kappa shape index (κ1) is 42.1. The standard InChI is InChI=1S/C41H51N7O7/c1-4-35(49)11-6-5-7-17-44-41(52)45-20-22-54-24-26-55-25-23-53-21-19-43-39(50)37-28-36(31(3)47(40(37)51)34-10-8-9-30(2)27-34)38-16-18-46-48(38)33-14-12-32(29-42)13-15-33/h8-10,12-16,18,27-28H,4-7,11,17,19-26H2,1-3H3,(H,43,50)(H2,44,45,52). The van der Waals surface area contributed by atoms with E-state index in [4.69, 9.17) is 14.2 Å². The van der Waals surface area contributed by atoms with Crippen molar-refractivity contribution in [3.63, 3.8) is 0 Å². The summed E-state index contributed by atoms with van der Waals surface area (Å²) in [5.74, 6) is -0.256. The molecule has 0 aliphatic carbocycles. The SMILES string of the molecule is CCC(=O)CCCCCNC(=O)NCCOCCOCCOCCNC(=O)c1cc(-c2ccnn2-c2ccc(C#N)cc2)c(C)n(-c2cccc(C)c2)c1=O.